The molecule has 0 aliphatic carbocycles. The van der Waals surface area contributed by atoms with Crippen LogP contribution >= 0.6 is 0 Å². The van der Waals surface area contributed by atoms with Crippen LogP contribution in [0.1, 0.15) is 26.3 Å². The molecular formula is C13H16FN2+. The molecule has 0 fully saturated rings. The Morgan fingerprint density at radius 3 is 2.62 bits per heavy atom. The second-order valence-corrected chi connectivity index (χ2v) is 4.96. The van der Waals surface area contributed by atoms with E-state index in [9.17, 15) is 4.39 Å². The van der Waals surface area contributed by atoms with Crippen LogP contribution < -0.4 is 0 Å². The maximum Gasteiger partial charge on any atom is 0.241 e. The molecule has 3 heteroatoms. The van der Waals surface area contributed by atoms with Crippen LogP contribution in [0.4, 0.5) is 10.1 Å². The van der Waals surface area contributed by atoms with Gasteiger partial charge in [-0.15, -0.1) is 0 Å². The van der Waals surface area contributed by atoms with Gasteiger partial charge in [-0.25, -0.2) is 4.39 Å². The van der Waals surface area contributed by atoms with Crippen LogP contribution in [0.15, 0.2) is 35.6 Å². The number of rotatable bonds is 1. The molecule has 0 aromatic heterocycles. The lowest BCUT2D eigenvalue weighted by molar-refractivity contribution is -0.434. The van der Waals surface area contributed by atoms with E-state index in [0.717, 1.165) is 11.3 Å². The lowest BCUT2D eigenvalue weighted by Crippen LogP contribution is -2.14. The second-order valence-electron chi connectivity index (χ2n) is 4.96. The normalized spacial score (nSPS) is 15.4. The standard InChI is InChI=1S/C13H16FN2/c1-13(2,3)11-9-10(14)5-6-12(11)16-8-4-7-15-16/h4-6,8-9H,7H2,1-3H3/q+1. The lowest BCUT2D eigenvalue weighted by atomic mass is 9.85. The van der Waals surface area contributed by atoms with Gasteiger partial charge in [0.25, 0.3) is 0 Å². The van der Waals surface area contributed by atoms with E-state index in [0.29, 0.717) is 6.54 Å². The van der Waals surface area contributed by atoms with E-state index in [-0.39, 0.29) is 11.2 Å². The van der Waals surface area contributed by atoms with Crippen molar-refractivity contribution in [1.82, 2.24) is 0 Å². The van der Waals surface area contributed by atoms with Crippen LogP contribution in [0.2, 0.25) is 0 Å². The van der Waals surface area contributed by atoms with Crippen LogP contribution in [-0.2, 0) is 5.41 Å². The number of hydrogen-bond acceptors (Lipinski definition) is 1. The van der Waals surface area contributed by atoms with Crippen LogP contribution in [0, 0.1) is 5.82 Å². The molecule has 84 valence electrons. The molecule has 0 radical (unpaired) electrons. The van der Waals surface area contributed by atoms with Crippen molar-refractivity contribution in [3.05, 3.63) is 41.9 Å². The Balaban J connectivity index is 2.57. The summed E-state index contributed by atoms with van der Waals surface area (Å²) in [6, 6.07) is 4.86. The van der Waals surface area contributed by atoms with Gasteiger partial charge in [0.1, 0.15) is 12.4 Å². The fourth-order valence-electron chi connectivity index (χ4n) is 1.79. The average molecular weight is 219 g/mol. The van der Waals surface area contributed by atoms with Crippen LogP contribution in [0.25, 0.3) is 0 Å². The molecule has 0 saturated heterocycles. The van der Waals surface area contributed by atoms with E-state index in [2.05, 4.69) is 25.9 Å². The Hall–Kier alpha value is -1.51. The molecule has 1 aromatic carbocycles. The van der Waals surface area contributed by atoms with Crippen LogP contribution in [-0.4, -0.2) is 11.2 Å². The topological polar surface area (TPSA) is 15.4 Å². The molecule has 0 saturated carbocycles. The average Bonchev–Trinajstić information content (AvgIpc) is 2.69. The zero-order chi connectivity index (χ0) is 11.8. The predicted molar refractivity (Wildman–Crippen MR) is 61.5 cm³/mol. The van der Waals surface area contributed by atoms with E-state index in [4.69, 9.17) is 0 Å². The summed E-state index contributed by atoms with van der Waals surface area (Å²) in [6.45, 7) is 6.92. The molecule has 0 atom stereocenters. The summed E-state index contributed by atoms with van der Waals surface area (Å²) in [5.74, 6) is -0.197. The molecule has 2 rings (SSSR count). The maximum atomic E-state index is 13.3. The molecule has 0 amide bonds. The Bertz CT molecular complexity index is 467. The third kappa shape index (κ3) is 2.03. The Labute approximate surface area is 95.1 Å². The minimum absolute atomic E-state index is 0.0939. The number of halogens is 1. The van der Waals surface area contributed by atoms with E-state index < -0.39 is 0 Å². The zero-order valence-electron chi connectivity index (χ0n) is 9.87. The molecule has 1 aromatic rings. The molecule has 0 N–H and O–H groups in total. The highest BCUT2D eigenvalue weighted by atomic mass is 19.1. The third-order valence-corrected chi connectivity index (χ3v) is 2.60. The molecule has 0 unspecified atom stereocenters. The molecule has 1 aliphatic rings. The predicted octanol–water partition coefficient (Wildman–Crippen LogP) is 3.75. The van der Waals surface area contributed by atoms with E-state index >= 15 is 0 Å². The summed E-state index contributed by atoms with van der Waals surface area (Å²) in [5, 5.41) is 4.31. The number of benzene rings is 1. The van der Waals surface area contributed by atoms with Crippen molar-refractivity contribution in [1.29, 1.82) is 0 Å². The first-order valence-corrected chi connectivity index (χ1v) is 5.42. The number of nitrogens with zero attached hydrogens (tertiary/aromatic N) is 2. The van der Waals surface area contributed by atoms with E-state index in [1.54, 1.807) is 12.1 Å². The maximum absolute atomic E-state index is 13.3. The van der Waals surface area contributed by atoms with Crippen molar-refractivity contribution in [3.8, 4) is 0 Å². The van der Waals surface area contributed by atoms with Gasteiger partial charge < -0.3 is 0 Å². The van der Waals surface area contributed by atoms with Crippen LogP contribution in [0.3, 0.4) is 0 Å². The Morgan fingerprint density at radius 1 is 1.31 bits per heavy atom. The van der Waals surface area contributed by atoms with Crippen molar-refractivity contribution >= 4 is 5.69 Å². The van der Waals surface area contributed by atoms with Gasteiger partial charge in [-0.3, -0.25) is 0 Å². The Kier molecular flexibility index (Phi) is 2.62. The highest BCUT2D eigenvalue weighted by molar-refractivity contribution is 5.44. The Morgan fingerprint density at radius 2 is 2.06 bits per heavy atom. The van der Waals surface area contributed by atoms with Gasteiger partial charge in [-0.1, -0.05) is 25.5 Å². The third-order valence-electron chi connectivity index (χ3n) is 2.60. The molecule has 1 aliphatic heterocycles. The summed E-state index contributed by atoms with van der Waals surface area (Å²) in [5.41, 5.74) is 1.84. The van der Waals surface area contributed by atoms with Crippen molar-refractivity contribution in [2.45, 2.75) is 26.2 Å². The first-order valence-electron chi connectivity index (χ1n) is 5.42. The van der Waals surface area contributed by atoms with Crippen molar-refractivity contribution in [2.75, 3.05) is 6.54 Å². The van der Waals surface area contributed by atoms with Crippen molar-refractivity contribution in [3.63, 3.8) is 0 Å². The van der Waals surface area contributed by atoms with Crippen molar-refractivity contribution in [2.24, 2.45) is 5.11 Å². The van der Waals surface area contributed by atoms with E-state index in [1.165, 1.54) is 6.07 Å². The molecular weight excluding hydrogens is 203 g/mol. The van der Waals surface area contributed by atoms with Crippen LogP contribution in [0.5, 0.6) is 0 Å². The smallest absolute Gasteiger partial charge is 0.207 e. The highest BCUT2D eigenvalue weighted by Crippen LogP contribution is 2.32. The minimum atomic E-state index is -0.197. The molecule has 0 spiro atoms. The molecule has 0 bridgehead atoms. The molecule has 2 nitrogen and oxygen atoms in total. The second kappa shape index (κ2) is 3.81. The van der Waals surface area contributed by atoms with Gasteiger partial charge in [0, 0.05) is 17.7 Å². The van der Waals surface area contributed by atoms with Crippen molar-refractivity contribution < 1.29 is 9.09 Å². The summed E-state index contributed by atoms with van der Waals surface area (Å²) < 4.78 is 15.1. The minimum Gasteiger partial charge on any atom is -0.207 e. The highest BCUT2D eigenvalue weighted by Gasteiger charge is 2.26. The lowest BCUT2D eigenvalue weighted by Gasteiger charge is -2.19. The summed E-state index contributed by atoms with van der Waals surface area (Å²) in [4.78, 5) is 0. The summed E-state index contributed by atoms with van der Waals surface area (Å²) in [7, 11) is 0. The van der Waals surface area contributed by atoms with Gasteiger partial charge in [0.05, 0.1) is 0 Å². The van der Waals surface area contributed by atoms with Gasteiger partial charge in [-0.05, 0) is 22.7 Å². The SMILES string of the molecule is CC(C)(C)c1cc(F)ccc1[N+]1=NCC=C1. The molecule has 16 heavy (non-hydrogen) atoms. The first kappa shape index (κ1) is 11.0. The fraction of sp³-hybridized carbons (Fsp3) is 0.385. The fourth-order valence-corrected chi connectivity index (χ4v) is 1.79. The van der Waals surface area contributed by atoms with E-state index in [1.807, 2.05) is 17.0 Å². The monoisotopic (exact) mass is 219 g/mol. The first-order chi connectivity index (χ1) is 7.48. The number of azo groups is 2. The number of hydrogen-bond donors (Lipinski definition) is 0. The molecule has 1 heterocycles. The van der Waals surface area contributed by atoms with Gasteiger partial charge >= 0.3 is 0 Å². The summed E-state index contributed by atoms with van der Waals surface area (Å²) in [6.07, 6.45) is 3.90. The zero-order valence-corrected chi connectivity index (χ0v) is 9.87. The largest absolute Gasteiger partial charge is 0.241 e. The van der Waals surface area contributed by atoms with Gasteiger partial charge in [0.15, 0.2) is 0 Å². The quantitative estimate of drug-likeness (QED) is 0.639. The van der Waals surface area contributed by atoms with Gasteiger partial charge in [0.2, 0.25) is 11.9 Å². The summed E-state index contributed by atoms with van der Waals surface area (Å²) >= 11 is 0. The van der Waals surface area contributed by atoms with Gasteiger partial charge in [-0.2, -0.15) is 0 Å².